The topological polar surface area (TPSA) is 79.8 Å². The van der Waals surface area contributed by atoms with E-state index in [9.17, 15) is 9.90 Å². The largest absolute Gasteiger partial charge is 0.504 e. The number of hydrogen-bond donors (Lipinski definition) is 3. The number of carbonyl (C=O) groups is 1. The van der Waals surface area contributed by atoms with E-state index in [1.165, 1.54) is 7.11 Å². The van der Waals surface area contributed by atoms with E-state index in [0.29, 0.717) is 18.8 Å². The van der Waals surface area contributed by atoms with Crippen LogP contribution in [-0.2, 0) is 11.3 Å². The molecule has 6 heteroatoms. The van der Waals surface area contributed by atoms with Crippen LogP contribution < -0.4 is 15.4 Å². The Balaban J connectivity index is 2.45. The molecule has 3 N–H and O–H groups in total. The molecule has 0 saturated heterocycles. The van der Waals surface area contributed by atoms with Gasteiger partial charge in [0.2, 0.25) is 0 Å². The molecule has 0 saturated carbocycles. The minimum Gasteiger partial charge on any atom is -0.504 e. The molecule has 1 aromatic rings. The maximum absolute atomic E-state index is 11.7. The molecule has 0 aromatic heterocycles. The zero-order valence-corrected chi connectivity index (χ0v) is 14.6. The fourth-order valence-electron chi connectivity index (χ4n) is 1.99. The number of nitrogens with one attached hydrogen (secondary N) is 2. The first-order valence-corrected chi connectivity index (χ1v) is 7.81. The van der Waals surface area contributed by atoms with E-state index in [1.54, 1.807) is 12.1 Å². The van der Waals surface area contributed by atoms with Crippen molar-refractivity contribution in [3.05, 3.63) is 23.8 Å². The van der Waals surface area contributed by atoms with Crippen molar-refractivity contribution in [3.63, 3.8) is 0 Å². The Bertz CT molecular complexity index is 512. The third-order valence-electron chi connectivity index (χ3n) is 3.22. The van der Waals surface area contributed by atoms with Crippen LogP contribution in [0.1, 0.15) is 39.7 Å². The second kappa shape index (κ2) is 8.62. The second-order valence-electron chi connectivity index (χ2n) is 6.38. The van der Waals surface area contributed by atoms with Gasteiger partial charge in [-0.25, -0.2) is 4.79 Å². The Labute approximate surface area is 138 Å². The molecule has 23 heavy (non-hydrogen) atoms. The maximum atomic E-state index is 11.7. The number of amides is 1. The van der Waals surface area contributed by atoms with Crippen LogP contribution in [-0.4, -0.2) is 36.5 Å². The summed E-state index contributed by atoms with van der Waals surface area (Å²) in [6, 6.07) is 5.40. The lowest BCUT2D eigenvalue weighted by Gasteiger charge is -2.22. The van der Waals surface area contributed by atoms with E-state index in [-0.39, 0.29) is 11.8 Å². The Morgan fingerprint density at radius 3 is 2.57 bits per heavy atom. The number of benzene rings is 1. The summed E-state index contributed by atoms with van der Waals surface area (Å²) >= 11 is 0. The normalized spacial score (nSPS) is 12.6. The van der Waals surface area contributed by atoms with Crippen molar-refractivity contribution in [2.75, 3.05) is 13.7 Å². The van der Waals surface area contributed by atoms with Crippen molar-refractivity contribution in [2.24, 2.45) is 0 Å². The van der Waals surface area contributed by atoms with Gasteiger partial charge in [-0.2, -0.15) is 0 Å². The Kier molecular flexibility index (Phi) is 7.16. The zero-order chi connectivity index (χ0) is 17.5. The summed E-state index contributed by atoms with van der Waals surface area (Å²) in [5.74, 6) is 0.569. The number of hydrogen-bond acceptors (Lipinski definition) is 5. The third kappa shape index (κ3) is 7.23. The van der Waals surface area contributed by atoms with E-state index >= 15 is 0 Å². The van der Waals surface area contributed by atoms with Gasteiger partial charge in [0.1, 0.15) is 5.60 Å². The molecule has 0 aliphatic carbocycles. The van der Waals surface area contributed by atoms with Crippen LogP contribution in [0.3, 0.4) is 0 Å². The van der Waals surface area contributed by atoms with Gasteiger partial charge < -0.3 is 25.2 Å². The minimum absolute atomic E-state index is 0.117. The quantitative estimate of drug-likeness (QED) is 0.719. The number of ether oxygens (including phenoxy) is 2. The number of rotatable bonds is 7. The molecule has 0 radical (unpaired) electrons. The van der Waals surface area contributed by atoms with E-state index in [0.717, 1.165) is 12.0 Å². The molecule has 0 heterocycles. The number of methoxy groups -OCH3 is 1. The third-order valence-corrected chi connectivity index (χ3v) is 3.22. The van der Waals surface area contributed by atoms with Crippen molar-refractivity contribution >= 4 is 6.09 Å². The van der Waals surface area contributed by atoms with Crippen LogP contribution in [0.15, 0.2) is 18.2 Å². The van der Waals surface area contributed by atoms with Gasteiger partial charge in [-0.15, -0.1) is 0 Å². The lowest BCUT2D eigenvalue weighted by Crippen LogP contribution is -2.42. The summed E-state index contributed by atoms with van der Waals surface area (Å²) in [5, 5.41) is 15.9. The van der Waals surface area contributed by atoms with Crippen molar-refractivity contribution in [3.8, 4) is 11.5 Å². The average Bonchev–Trinajstić information content (AvgIpc) is 2.45. The van der Waals surface area contributed by atoms with E-state index < -0.39 is 11.7 Å². The average molecular weight is 324 g/mol. The van der Waals surface area contributed by atoms with E-state index in [2.05, 4.69) is 10.6 Å². The number of aromatic hydroxyl groups is 1. The lowest BCUT2D eigenvalue weighted by molar-refractivity contribution is 0.0522. The fraction of sp³-hybridized carbons (Fsp3) is 0.588. The lowest BCUT2D eigenvalue weighted by atomic mass is 10.1. The van der Waals surface area contributed by atoms with Crippen LogP contribution in [0.2, 0.25) is 0 Å². The highest BCUT2D eigenvalue weighted by atomic mass is 16.6. The molecule has 1 atom stereocenters. The summed E-state index contributed by atoms with van der Waals surface area (Å²) in [4.78, 5) is 11.7. The highest BCUT2D eigenvalue weighted by Gasteiger charge is 2.17. The van der Waals surface area contributed by atoms with Gasteiger partial charge in [0.15, 0.2) is 11.5 Å². The SMILES string of the molecule is CCC(CNC(=O)OC(C)(C)C)NCc1ccc(OC)c(O)c1. The molecule has 0 aliphatic heterocycles. The standard InChI is InChI=1S/C17H28N2O4/c1-6-13(11-19-16(21)23-17(2,3)4)18-10-12-7-8-15(22-5)14(20)9-12/h7-9,13,18,20H,6,10-11H2,1-5H3,(H,19,21). The number of phenolic OH excluding ortho intramolecular Hbond substituents is 1. The summed E-state index contributed by atoms with van der Waals surface area (Å²) in [7, 11) is 1.52. The highest BCUT2D eigenvalue weighted by molar-refractivity contribution is 5.67. The van der Waals surface area contributed by atoms with Gasteiger partial charge in [0.05, 0.1) is 7.11 Å². The first-order valence-electron chi connectivity index (χ1n) is 7.81. The molecule has 6 nitrogen and oxygen atoms in total. The molecule has 0 aliphatic rings. The zero-order valence-electron chi connectivity index (χ0n) is 14.6. The van der Waals surface area contributed by atoms with Crippen molar-refractivity contribution in [1.29, 1.82) is 0 Å². The molecule has 1 unspecified atom stereocenters. The van der Waals surface area contributed by atoms with Crippen molar-refractivity contribution in [1.82, 2.24) is 10.6 Å². The Morgan fingerprint density at radius 2 is 2.04 bits per heavy atom. The summed E-state index contributed by atoms with van der Waals surface area (Å²) in [6.07, 6.45) is 0.442. The van der Waals surface area contributed by atoms with Crippen LogP contribution in [0.4, 0.5) is 4.79 Å². The number of phenols is 1. The summed E-state index contributed by atoms with van der Waals surface area (Å²) < 4.78 is 10.2. The molecule has 1 aromatic carbocycles. The van der Waals surface area contributed by atoms with Gasteiger partial charge in [0.25, 0.3) is 0 Å². The summed E-state index contributed by atoms with van der Waals surface area (Å²) in [6.45, 7) is 8.61. The van der Waals surface area contributed by atoms with Crippen molar-refractivity contribution < 1.29 is 19.4 Å². The Hall–Kier alpha value is -1.95. The van der Waals surface area contributed by atoms with Crippen LogP contribution in [0.25, 0.3) is 0 Å². The number of carbonyl (C=O) groups excluding carboxylic acids is 1. The molecular weight excluding hydrogens is 296 g/mol. The number of alkyl carbamates (subject to hydrolysis) is 1. The van der Waals surface area contributed by atoms with Crippen LogP contribution >= 0.6 is 0 Å². The van der Waals surface area contributed by atoms with Crippen molar-refractivity contribution in [2.45, 2.75) is 52.3 Å². The smallest absolute Gasteiger partial charge is 0.407 e. The predicted molar refractivity (Wildman–Crippen MR) is 89.8 cm³/mol. The van der Waals surface area contributed by atoms with Gasteiger partial charge in [-0.05, 0) is 44.9 Å². The van der Waals surface area contributed by atoms with Gasteiger partial charge in [-0.1, -0.05) is 13.0 Å². The second-order valence-corrected chi connectivity index (χ2v) is 6.38. The van der Waals surface area contributed by atoms with E-state index in [1.807, 2.05) is 33.8 Å². The predicted octanol–water partition coefficient (Wildman–Crippen LogP) is 2.79. The maximum Gasteiger partial charge on any atom is 0.407 e. The van der Waals surface area contributed by atoms with Crippen LogP contribution in [0.5, 0.6) is 11.5 Å². The summed E-state index contributed by atoms with van der Waals surface area (Å²) in [5.41, 5.74) is 0.443. The molecule has 1 amide bonds. The first-order chi connectivity index (χ1) is 10.7. The Morgan fingerprint density at radius 1 is 1.35 bits per heavy atom. The fourth-order valence-corrected chi connectivity index (χ4v) is 1.99. The monoisotopic (exact) mass is 324 g/mol. The first kappa shape index (κ1) is 19.1. The molecule has 0 bridgehead atoms. The molecule has 0 spiro atoms. The van der Waals surface area contributed by atoms with Gasteiger partial charge in [-0.3, -0.25) is 0 Å². The van der Waals surface area contributed by atoms with E-state index in [4.69, 9.17) is 9.47 Å². The molecule has 1 rings (SSSR count). The van der Waals surface area contributed by atoms with Crippen LogP contribution in [0, 0.1) is 0 Å². The molecular formula is C17H28N2O4. The van der Waals surface area contributed by atoms with Gasteiger partial charge in [0, 0.05) is 19.1 Å². The molecule has 130 valence electrons. The molecule has 0 fully saturated rings. The highest BCUT2D eigenvalue weighted by Crippen LogP contribution is 2.26. The minimum atomic E-state index is -0.500. The van der Waals surface area contributed by atoms with Gasteiger partial charge >= 0.3 is 6.09 Å².